The van der Waals surface area contributed by atoms with Crippen molar-refractivity contribution in [1.82, 2.24) is 0 Å². The fraction of sp³-hybridized carbons (Fsp3) is 0.652. The molecular weight excluding hydrogens is 360 g/mol. The number of hydrogen-bond donors (Lipinski definition) is 0. The van der Waals surface area contributed by atoms with Crippen molar-refractivity contribution < 1.29 is 18.3 Å². The van der Waals surface area contributed by atoms with Gasteiger partial charge in [-0.3, -0.25) is 4.99 Å². The highest BCUT2D eigenvalue weighted by Gasteiger charge is 2.50. The number of carbonyl (C=O) groups excluding carboxylic acids is 1. The maximum absolute atomic E-state index is 15.0. The van der Waals surface area contributed by atoms with Gasteiger partial charge in [-0.25, -0.2) is 13.6 Å². The Morgan fingerprint density at radius 3 is 2.36 bits per heavy atom. The average molecular weight is 394 g/mol. The van der Waals surface area contributed by atoms with Crippen LogP contribution in [-0.2, 0) is 9.53 Å². The van der Waals surface area contributed by atoms with Crippen molar-refractivity contribution >= 4 is 11.7 Å². The average Bonchev–Trinajstić information content (AvgIpc) is 3.15. The van der Waals surface area contributed by atoms with Crippen LogP contribution in [0.25, 0.3) is 0 Å². The first-order valence-corrected chi connectivity index (χ1v) is 10.7. The molecule has 1 heterocycles. The lowest BCUT2D eigenvalue weighted by molar-refractivity contribution is -0.151. The van der Waals surface area contributed by atoms with E-state index in [0.29, 0.717) is 12.1 Å². The molecule has 5 heteroatoms. The van der Waals surface area contributed by atoms with Gasteiger partial charge in [0.25, 0.3) is 5.92 Å². The van der Waals surface area contributed by atoms with Gasteiger partial charge in [-0.15, -0.1) is 0 Å². The highest BCUT2D eigenvalue weighted by atomic mass is 19.3. The monoisotopic (exact) mass is 393 g/mol. The van der Waals surface area contributed by atoms with E-state index < -0.39 is 23.9 Å². The Balaban J connectivity index is 1.99. The number of alkyl halides is 2. The van der Waals surface area contributed by atoms with E-state index in [2.05, 4.69) is 11.9 Å². The molecule has 0 spiro atoms. The molecular formula is C23H33F2NO2. The smallest absolute Gasteiger partial charge is 0.331 e. The van der Waals surface area contributed by atoms with Gasteiger partial charge in [0.2, 0.25) is 0 Å². The number of rotatable bonds is 12. The summed E-state index contributed by atoms with van der Waals surface area (Å²) in [6.07, 6.45) is 6.86. The first-order chi connectivity index (χ1) is 13.5. The molecule has 2 rings (SSSR count). The van der Waals surface area contributed by atoms with Crippen LogP contribution in [0.1, 0.15) is 77.2 Å². The summed E-state index contributed by atoms with van der Waals surface area (Å²) in [6.45, 7) is 4.01. The number of carbonyl (C=O) groups is 1. The minimum atomic E-state index is -2.93. The lowest BCUT2D eigenvalue weighted by Gasteiger charge is -2.26. The molecule has 0 fully saturated rings. The molecule has 0 amide bonds. The molecule has 0 aromatic heterocycles. The van der Waals surface area contributed by atoms with Gasteiger partial charge in [-0.2, -0.15) is 0 Å². The summed E-state index contributed by atoms with van der Waals surface area (Å²) in [7, 11) is 0. The molecule has 1 aromatic rings. The third kappa shape index (κ3) is 6.39. The van der Waals surface area contributed by atoms with Crippen molar-refractivity contribution in [1.29, 1.82) is 0 Å². The molecule has 0 bridgehead atoms. The molecule has 0 unspecified atom stereocenters. The fourth-order valence-electron chi connectivity index (χ4n) is 3.78. The summed E-state index contributed by atoms with van der Waals surface area (Å²) in [5.41, 5.74) is 1.37. The Hall–Kier alpha value is -1.78. The van der Waals surface area contributed by atoms with Crippen LogP contribution in [-0.4, -0.2) is 30.3 Å². The molecule has 1 aliphatic rings. The summed E-state index contributed by atoms with van der Waals surface area (Å²) in [4.78, 5) is 16.7. The first-order valence-electron chi connectivity index (χ1n) is 10.7. The van der Waals surface area contributed by atoms with Gasteiger partial charge in [-0.05, 0) is 18.9 Å². The Labute approximate surface area is 167 Å². The first kappa shape index (κ1) is 22.5. The van der Waals surface area contributed by atoms with Crippen molar-refractivity contribution in [2.45, 2.75) is 83.6 Å². The van der Waals surface area contributed by atoms with Gasteiger partial charge in [0.1, 0.15) is 0 Å². The SMILES string of the molecule is CCCCCCCCCC(F)(F)[C@H]1CC(c2ccccc2)=N[C@@H]1C(=O)OCC. The zero-order valence-corrected chi connectivity index (χ0v) is 17.1. The van der Waals surface area contributed by atoms with Gasteiger partial charge in [0.05, 0.1) is 12.5 Å². The number of aliphatic imine (C=N–C) groups is 1. The van der Waals surface area contributed by atoms with Gasteiger partial charge >= 0.3 is 5.97 Å². The highest BCUT2D eigenvalue weighted by Crippen LogP contribution is 2.41. The molecule has 1 aromatic carbocycles. The lowest BCUT2D eigenvalue weighted by atomic mass is 9.87. The van der Waals surface area contributed by atoms with E-state index >= 15 is 8.78 Å². The van der Waals surface area contributed by atoms with E-state index in [1.807, 2.05) is 30.3 Å². The lowest BCUT2D eigenvalue weighted by Crippen LogP contribution is -2.39. The van der Waals surface area contributed by atoms with Crippen LogP contribution < -0.4 is 0 Å². The Bertz CT molecular complexity index is 631. The zero-order chi connectivity index (χ0) is 20.4. The minimum Gasteiger partial charge on any atom is -0.464 e. The van der Waals surface area contributed by atoms with Gasteiger partial charge < -0.3 is 4.74 Å². The molecule has 0 saturated carbocycles. The van der Waals surface area contributed by atoms with E-state index in [1.165, 1.54) is 19.3 Å². The number of benzene rings is 1. The molecule has 0 N–H and O–H groups in total. The topological polar surface area (TPSA) is 38.7 Å². The Kier molecular flexibility index (Phi) is 9.07. The quantitative estimate of drug-likeness (QED) is 0.313. The molecule has 28 heavy (non-hydrogen) atoms. The summed E-state index contributed by atoms with van der Waals surface area (Å²) in [5.74, 6) is -4.69. The maximum atomic E-state index is 15.0. The normalized spacial score (nSPS) is 19.5. The predicted octanol–water partition coefficient (Wildman–Crippen LogP) is 6.20. The second-order valence-electron chi connectivity index (χ2n) is 7.58. The minimum absolute atomic E-state index is 0.108. The van der Waals surface area contributed by atoms with Crippen LogP contribution in [0.5, 0.6) is 0 Å². The van der Waals surface area contributed by atoms with Crippen LogP contribution >= 0.6 is 0 Å². The molecule has 156 valence electrons. The number of unbranched alkanes of at least 4 members (excludes halogenated alkanes) is 6. The van der Waals surface area contributed by atoms with E-state index in [0.717, 1.165) is 24.8 Å². The molecule has 3 nitrogen and oxygen atoms in total. The number of hydrogen-bond acceptors (Lipinski definition) is 3. The molecule has 0 radical (unpaired) electrons. The van der Waals surface area contributed by atoms with Crippen molar-refractivity contribution in [3.8, 4) is 0 Å². The van der Waals surface area contributed by atoms with Crippen LogP contribution in [0.2, 0.25) is 0 Å². The molecule has 0 saturated heterocycles. The van der Waals surface area contributed by atoms with E-state index in [9.17, 15) is 4.79 Å². The summed E-state index contributed by atoms with van der Waals surface area (Å²) < 4.78 is 35.1. The summed E-state index contributed by atoms with van der Waals surface area (Å²) in [5, 5.41) is 0. The Morgan fingerprint density at radius 2 is 1.71 bits per heavy atom. The van der Waals surface area contributed by atoms with Gasteiger partial charge in [0.15, 0.2) is 6.04 Å². The van der Waals surface area contributed by atoms with E-state index in [-0.39, 0.29) is 19.4 Å². The molecule has 2 atom stereocenters. The maximum Gasteiger partial charge on any atom is 0.331 e. The van der Waals surface area contributed by atoms with Gasteiger partial charge in [0, 0.05) is 18.6 Å². The number of esters is 1. The van der Waals surface area contributed by atoms with Crippen LogP contribution in [0.4, 0.5) is 8.78 Å². The van der Waals surface area contributed by atoms with Crippen molar-refractivity contribution in [3.63, 3.8) is 0 Å². The second-order valence-corrected chi connectivity index (χ2v) is 7.58. The standard InChI is InChI=1S/C23H33F2NO2/c1-3-5-6-7-8-9-13-16-23(24,25)19-17-20(18-14-11-10-12-15-18)26-21(19)22(27)28-4-2/h10-12,14-15,19,21H,3-9,13,16-17H2,1-2H3/t19-,21-/m0/s1. The third-order valence-corrected chi connectivity index (χ3v) is 5.38. The van der Waals surface area contributed by atoms with Crippen LogP contribution in [0, 0.1) is 5.92 Å². The third-order valence-electron chi connectivity index (χ3n) is 5.38. The number of nitrogens with zero attached hydrogens (tertiary/aromatic N) is 1. The van der Waals surface area contributed by atoms with Crippen molar-refractivity contribution in [2.24, 2.45) is 10.9 Å². The zero-order valence-electron chi connectivity index (χ0n) is 17.1. The van der Waals surface area contributed by atoms with Crippen molar-refractivity contribution in [3.05, 3.63) is 35.9 Å². The largest absolute Gasteiger partial charge is 0.464 e. The number of ether oxygens (including phenoxy) is 1. The van der Waals surface area contributed by atoms with Crippen LogP contribution in [0.3, 0.4) is 0 Å². The molecule has 0 aliphatic carbocycles. The fourth-order valence-corrected chi connectivity index (χ4v) is 3.78. The second kappa shape index (κ2) is 11.3. The van der Waals surface area contributed by atoms with E-state index in [1.54, 1.807) is 6.92 Å². The van der Waals surface area contributed by atoms with Crippen molar-refractivity contribution in [2.75, 3.05) is 6.61 Å². The van der Waals surface area contributed by atoms with Gasteiger partial charge in [-0.1, -0.05) is 75.8 Å². The highest BCUT2D eigenvalue weighted by molar-refractivity contribution is 6.04. The van der Waals surface area contributed by atoms with Crippen LogP contribution in [0.15, 0.2) is 35.3 Å². The van der Waals surface area contributed by atoms with E-state index in [4.69, 9.17) is 4.74 Å². The molecule has 1 aliphatic heterocycles. The Morgan fingerprint density at radius 1 is 1.07 bits per heavy atom. The summed E-state index contributed by atoms with van der Waals surface area (Å²) in [6, 6.07) is 8.14. The summed E-state index contributed by atoms with van der Waals surface area (Å²) >= 11 is 0. The predicted molar refractivity (Wildman–Crippen MR) is 109 cm³/mol. The number of halogens is 2.